The van der Waals surface area contributed by atoms with Gasteiger partial charge in [-0.3, -0.25) is 4.79 Å². The van der Waals surface area contributed by atoms with E-state index < -0.39 is 0 Å². The lowest BCUT2D eigenvalue weighted by Gasteiger charge is -2.26. The van der Waals surface area contributed by atoms with Crippen LogP contribution in [-0.4, -0.2) is 17.3 Å². The van der Waals surface area contributed by atoms with E-state index in [1.807, 2.05) is 30.3 Å². The van der Waals surface area contributed by atoms with Crippen LogP contribution in [0.2, 0.25) is 0 Å². The number of anilines is 1. The Hall–Kier alpha value is -4.64. The van der Waals surface area contributed by atoms with Gasteiger partial charge in [-0.15, -0.1) is 0 Å². The second-order valence-corrected chi connectivity index (χ2v) is 10.1. The third-order valence-electron chi connectivity index (χ3n) is 7.75. The summed E-state index contributed by atoms with van der Waals surface area (Å²) in [5.74, 6) is 0.739. The van der Waals surface area contributed by atoms with Gasteiger partial charge in [-0.05, 0) is 88.9 Å². The molecule has 0 atom stereocenters. The summed E-state index contributed by atoms with van der Waals surface area (Å²) in [6.07, 6.45) is 11.9. The first-order valence-corrected chi connectivity index (χ1v) is 13.4. The Morgan fingerprint density at radius 3 is 2.67 bits per heavy atom. The highest BCUT2D eigenvalue weighted by atomic mass is 16.5. The second-order valence-electron chi connectivity index (χ2n) is 10.1. The van der Waals surface area contributed by atoms with Crippen LogP contribution in [0.5, 0.6) is 5.75 Å². The van der Waals surface area contributed by atoms with E-state index in [2.05, 4.69) is 58.7 Å². The molecule has 2 aliphatic carbocycles. The van der Waals surface area contributed by atoms with E-state index in [9.17, 15) is 4.79 Å². The number of nitrogens with zero attached hydrogens (tertiary/aromatic N) is 1. The van der Waals surface area contributed by atoms with Crippen LogP contribution < -0.4 is 16.0 Å². The largest absolute Gasteiger partial charge is 0.495 e. The number of nitrogen functional groups attached to an aromatic ring is 1. The molecule has 5 heteroatoms. The number of ether oxygens (including phenoxy) is 1. The Kier molecular flexibility index (Phi) is 6.72. The SMILES string of the molecule is COc1ccc(Cc2cccc3ccc4c(c23)CCC2=C4C=CCC2)cc1N.O=c1[nH]ncc2ccccc12. The van der Waals surface area contributed by atoms with E-state index in [0.717, 1.165) is 24.0 Å². The van der Waals surface area contributed by atoms with E-state index in [1.165, 1.54) is 57.9 Å². The summed E-state index contributed by atoms with van der Waals surface area (Å²) >= 11 is 0. The Morgan fingerprint density at radius 1 is 0.949 bits per heavy atom. The lowest BCUT2D eigenvalue weighted by atomic mass is 9.78. The van der Waals surface area contributed by atoms with Crippen molar-refractivity contribution in [1.29, 1.82) is 0 Å². The molecule has 4 aromatic carbocycles. The van der Waals surface area contributed by atoms with Crippen molar-refractivity contribution < 1.29 is 4.74 Å². The molecule has 0 saturated carbocycles. The molecule has 194 valence electrons. The number of benzene rings is 4. The van der Waals surface area contributed by atoms with Crippen molar-refractivity contribution in [2.24, 2.45) is 0 Å². The number of nitrogens with one attached hydrogen (secondary N) is 1. The Morgan fingerprint density at radius 2 is 1.82 bits per heavy atom. The monoisotopic (exact) mass is 513 g/mol. The zero-order valence-electron chi connectivity index (χ0n) is 22.0. The van der Waals surface area contributed by atoms with Crippen molar-refractivity contribution in [1.82, 2.24) is 10.2 Å². The summed E-state index contributed by atoms with van der Waals surface area (Å²) in [6.45, 7) is 0. The number of rotatable bonds is 3. The number of nitrogens with two attached hydrogens (primary N) is 1. The lowest BCUT2D eigenvalue weighted by Crippen LogP contribution is -2.08. The maximum Gasteiger partial charge on any atom is 0.272 e. The van der Waals surface area contributed by atoms with Crippen molar-refractivity contribution in [2.75, 3.05) is 12.8 Å². The molecule has 0 amide bonds. The number of H-pyrrole nitrogens is 1. The fraction of sp³-hybridized carbons (Fsp3) is 0.176. The molecule has 0 fully saturated rings. The number of aryl methyl sites for hydroxylation is 1. The van der Waals surface area contributed by atoms with Gasteiger partial charge in [0.2, 0.25) is 0 Å². The van der Waals surface area contributed by atoms with Crippen LogP contribution in [0.3, 0.4) is 0 Å². The van der Waals surface area contributed by atoms with Crippen LogP contribution in [0.15, 0.2) is 102 Å². The molecule has 0 radical (unpaired) electrons. The fourth-order valence-electron chi connectivity index (χ4n) is 5.87. The third kappa shape index (κ3) is 4.84. The van der Waals surface area contributed by atoms with Gasteiger partial charge >= 0.3 is 0 Å². The Bertz CT molecular complexity index is 1810. The summed E-state index contributed by atoms with van der Waals surface area (Å²) in [6, 6.07) is 24.8. The molecule has 5 aromatic rings. The van der Waals surface area contributed by atoms with E-state index >= 15 is 0 Å². The van der Waals surface area contributed by atoms with Gasteiger partial charge in [-0.2, -0.15) is 5.10 Å². The zero-order chi connectivity index (χ0) is 26.8. The van der Waals surface area contributed by atoms with Gasteiger partial charge in [0, 0.05) is 10.8 Å². The normalized spacial score (nSPS) is 14.0. The molecule has 0 saturated heterocycles. The first-order valence-electron chi connectivity index (χ1n) is 13.4. The van der Waals surface area contributed by atoms with Crippen LogP contribution in [0, 0.1) is 0 Å². The molecule has 3 N–H and O–H groups in total. The van der Waals surface area contributed by atoms with Crippen LogP contribution in [0.25, 0.3) is 27.1 Å². The summed E-state index contributed by atoms with van der Waals surface area (Å²) < 4.78 is 5.31. The topological polar surface area (TPSA) is 81.0 Å². The van der Waals surface area contributed by atoms with E-state index in [0.29, 0.717) is 11.1 Å². The van der Waals surface area contributed by atoms with Gasteiger partial charge in [0.05, 0.1) is 19.0 Å². The highest BCUT2D eigenvalue weighted by Gasteiger charge is 2.21. The maximum absolute atomic E-state index is 11.1. The van der Waals surface area contributed by atoms with Gasteiger partial charge in [-0.25, -0.2) is 5.10 Å². The first-order chi connectivity index (χ1) is 19.1. The van der Waals surface area contributed by atoms with Crippen LogP contribution in [0.1, 0.15) is 41.5 Å². The highest BCUT2D eigenvalue weighted by molar-refractivity contribution is 5.96. The van der Waals surface area contributed by atoms with Gasteiger partial charge in [-0.1, -0.05) is 72.3 Å². The molecule has 0 aliphatic heterocycles. The fourth-order valence-corrected chi connectivity index (χ4v) is 5.87. The molecule has 39 heavy (non-hydrogen) atoms. The quantitative estimate of drug-likeness (QED) is 0.255. The van der Waals surface area contributed by atoms with Crippen molar-refractivity contribution in [3.05, 3.63) is 129 Å². The number of fused-ring (bicyclic) bond motifs is 5. The van der Waals surface area contributed by atoms with Crippen molar-refractivity contribution in [3.63, 3.8) is 0 Å². The third-order valence-corrected chi connectivity index (χ3v) is 7.75. The number of aromatic nitrogens is 2. The summed E-state index contributed by atoms with van der Waals surface area (Å²) in [7, 11) is 1.66. The summed E-state index contributed by atoms with van der Waals surface area (Å²) in [5, 5.41) is 10.4. The minimum Gasteiger partial charge on any atom is -0.495 e. The van der Waals surface area contributed by atoms with Gasteiger partial charge < -0.3 is 10.5 Å². The number of hydrogen-bond donors (Lipinski definition) is 2. The van der Waals surface area contributed by atoms with E-state index in [1.54, 1.807) is 24.9 Å². The smallest absolute Gasteiger partial charge is 0.272 e. The minimum absolute atomic E-state index is 0.136. The number of allylic oxidation sites excluding steroid dienone is 4. The summed E-state index contributed by atoms with van der Waals surface area (Å²) in [4.78, 5) is 11.1. The van der Waals surface area contributed by atoms with Gasteiger partial charge in [0.15, 0.2) is 0 Å². The van der Waals surface area contributed by atoms with Crippen LogP contribution in [0.4, 0.5) is 5.69 Å². The van der Waals surface area contributed by atoms with Crippen molar-refractivity contribution in [2.45, 2.75) is 32.1 Å². The highest BCUT2D eigenvalue weighted by Crippen LogP contribution is 2.41. The molecule has 1 aromatic heterocycles. The van der Waals surface area contributed by atoms with Crippen molar-refractivity contribution >= 4 is 32.8 Å². The molecule has 0 spiro atoms. The molecule has 2 aliphatic rings. The predicted molar refractivity (Wildman–Crippen MR) is 160 cm³/mol. The molecular formula is C34H31N3O2. The first kappa shape index (κ1) is 24.7. The lowest BCUT2D eigenvalue weighted by molar-refractivity contribution is 0.417. The van der Waals surface area contributed by atoms with Crippen LogP contribution >= 0.6 is 0 Å². The second kappa shape index (κ2) is 10.6. The summed E-state index contributed by atoms with van der Waals surface area (Å²) in [5.41, 5.74) is 15.4. The number of methoxy groups -OCH3 is 1. The molecule has 0 unspecified atom stereocenters. The number of hydrogen-bond acceptors (Lipinski definition) is 4. The maximum atomic E-state index is 11.1. The molecular weight excluding hydrogens is 482 g/mol. The van der Waals surface area contributed by atoms with Gasteiger partial charge in [0.25, 0.3) is 5.56 Å². The van der Waals surface area contributed by atoms with E-state index in [-0.39, 0.29) is 5.56 Å². The number of aromatic amines is 1. The van der Waals surface area contributed by atoms with Gasteiger partial charge in [0.1, 0.15) is 5.75 Å². The predicted octanol–water partition coefficient (Wildman–Crippen LogP) is 6.99. The molecule has 1 heterocycles. The average molecular weight is 514 g/mol. The molecule has 5 nitrogen and oxygen atoms in total. The standard InChI is InChI=1S/C26H25NO.C8H6N2O/c1-28-25-14-9-17(16-24(25)27)15-20-7-4-6-19-11-12-22-21-8-3-2-5-18(21)10-13-23(22)26(19)20;11-8-7-4-2-1-3-6(7)5-9-10-8/h3-4,6-9,11-12,14,16H,2,5,10,13,15,27H2,1H3;1-5H,(H,10,11). The van der Waals surface area contributed by atoms with Crippen molar-refractivity contribution in [3.8, 4) is 5.75 Å². The zero-order valence-corrected chi connectivity index (χ0v) is 22.0. The Balaban J connectivity index is 0.000000210. The Labute approximate surface area is 227 Å². The molecule has 0 bridgehead atoms. The molecule has 7 rings (SSSR count). The van der Waals surface area contributed by atoms with Crippen LogP contribution in [-0.2, 0) is 12.8 Å². The minimum atomic E-state index is -0.136. The van der Waals surface area contributed by atoms with E-state index in [4.69, 9.17) is 10.5 Å². The average Bonchev–Trinajstić information content (AvgIpc) is 2.98.